The van der Waals surface area contributed by atoms with Gasteiger partial charge in [0.05, 0.1) is 12.2 Å². The minimum atomic E-state index is -2.66. The number of para-hydroxylation sites is 1. The molecule has 1 aliphatic rings. The van der Waals surface area contributed by atoms with Crippen LogP contribution in [0.5, 0.6) is 0 Å². The van der Waals surface area contributed by atoms with Crippen LogP contribution in [-0.2, 0) is 0 Å². The Morgan fingerprint density at radius 1 is 1.44 bits per heavy atom. The monoisotopic (exact) mass is 289 g/mol. The molecule has 5 heteroatoms. The molecule has 1 aromatic carbocycles. The summed E-state index contributed by atoms with van der Waals surface area (Å²) in [5.74, 6) is -2.66. The predicted octanol–water partition coefficient (Wildman–Crippen LogP) is 3.11. The van der Waals surface area contributed by atoms with Crippen LogP contribution >= 0.6 is 15.9 Å². The fourth-order valence-electron chi connectivity index (χ4n) is 1.89. The van der Waals surface area contributed by atoms with Crippen molar-refractivity contribution < 1.29 is 13.6 Å². The predicted molar refractivity (Wildman–Crippen MR) is 61.3 cm³/mol. The molecular formula is C11H10BrF2NO. The second kappa shape index (κ2) is 4.13. The van der Waals surface area contributed by atoms with Crippen molar-refractivity contribution in [3.05, 3.63) is 28.2 Å². The lowest BCUT2D eigenvalue weighted by Gasteiger charge is -2.21. The second-order valence-electron chi connectivity index (χ2n) is 3.82. The molecule has 0 bridgehead atoms. The van der Waals surface area contributed by atoms with Crippen molar-refractivity contribution in [3.8, 4) is 0 Å². The molecule has 0 aromatic heterocycles. The molecule has 0 amide bonds. The summed E-state index contributed by atoms with van der Waals surface area (Å²) >= 11 is 3.29. The van der Waals surface area contributed by atoms with Gasteiger partial charge in [0.2, 0.25) is 0 Å². The highest BCUT2D eigenvalue weighted by atomic mass is 79.9. The number of hydrogen-bond acceptors (Lipinski definition) is 2. The maximum Gasteiger partial charge on any atom is 0.266 e. The normalized spacial score (nSPS) is 18.8. The summed E-state index contributed by atoms with van der Waals surface area (Å²) < 4.78 is 26.9. The number of anilines is 1. The molecule has 2 rings (SSSR count). The van der Waals surface area contributed by atoms with E-state index in [1.165, 1.54) is 0 Å². The Kier molecular flexibility index (Phi) is 2.97. The van der Waals surface area contributed by atoms with E-state index in [1.54, 1.807) is 23.1 Å². The molecule has 1 fully saturated rings. The standard InChI is InChI=1S/C11H10BrF2NO/c12-9-3-1-2-8(6-16)10(9)15-5-4-11(13,14)7-15/h1-3,6H,4-5,7H2. The first-order valence-electron chi connectivity index (χ1n) is 4.90. The number of nitrogens with zero attached hydrogens (tertiary/aromatic N) is 1. The molecule has 0 unspecified atom stereocenters. The molecule has 1 saturated heterocycles. The van der Waals surface area contributed by atoms with E-state index in [4.69, 9.17) is 0 Å². The van der Waals surface area contributed by atoms with Crippen molar-refractivity contribution in [2.75, 3.05) is 18.0 Å². The van der Waals surface area contributed by atoms with Crippen molar-refractivity contribution >= 4 is 27.9 Å². The second-order valence-corrected chi connectivity index (χ2v) is 4.68. The summed E-state index contributed by atoms with van der Waals surface area (Å²) in [7, 11) is 0. The summed E-state index contributed by atoms with van der Waals surface area (Å²) in [6.07, 6.45) is 0.531. The number of alkyl halides is 2. The average Bonchev–Trinajstić information content (AvgIpc) is 2.58. The van der Waals surface area contributed by atoms with Gasteiger partial charge < -0.3 is 4.90 Å². The van der Waals surface area contributed by atoms with E-state index in [2.05, 4.69) is 15.9 Å². The Hall–Kier alpha value is -0.970. The Balaban J connectivity index is 2.37. The molecule has 0 N–H and O–H groups in total. The molecule has 0 saturated carbocycles. The van der Waals surface area contributed by atoms with Crippen LogP contribution in [0.3, 0.4) is 0 Å². The Bertz CT molecular complexity index is 422. The zero-order valence-corrected chi connectivity index (χ0v) is 10.0. The van der Waals surface area contributed by atoms with Crippen LogP contribution in [0.2, 0.25) is 0 Å². The van der Waals surface area contributed by atoms with Gasteiger partial charge in [-0.2, -0.15) is 0 Å². The number of aldehydes is 1. The molecule has 0 radical (unpaired) electrons. The van der Waals surface area contributed by atoms with Crippen LogP contribution in [0.25, 0.3) is 0 Å². The van der Waals surface area contributed by atoms with Crippen molar-refractivity contribution in [3.63, 3.8) is 0 Å². The van der Waals surface area contributed by atoms with Crippen molar-refractivity contribution in [1.29, 1.82) is 0 Å². The number of hydrogen-bond donors (Lipinski definition) is 0. The third-order valence-electron chi connectivity index (χ3n) is 2.63. The molecule has 1 heterocycles. The van der Waals surface area contributed by atoms with E-state index in [0.717, 1.165) is 0 Å². The molecule has 0 aliphatic carbocycles. The smallest absolute Gasteiger partial charge is 0.266 e. The van der Waals surface area contributed by atoms with Crippen LogP contribution < -0.4 is 4.90 Å². The Labute approximate surface area is 100 Å². The minimum Gasteiger partial charge on any atom is -0.364 e. The third-order valence-corrected chi connectivity index (χ3v) is 3.27. The molecule has 0 spiro atoms. The van der Waals surface area contributed by atoms with Gasteiger partial charge in [0.15, 0.2) is 6.29 Å². The lowest BCUT2D eigenvalue weighted by molar-refractivity contribution is 0.0257. The first-order chi connectivity index (χ1) is 7.53. The van der Waals surface area contributed by atoms with Crippen LogP contribution in [0, 0.1) is 0 Å². The van der Waals surface area contributed by atoms with Gasteiger partial charge in [-0.15, -0.1) is 0 Å². The van der Waals surface area contributed by atoms with Crippen LogP contribution in [0.15, 0.2) is 22.7 Å². The van der Waals surface area contributed by atoms with Gasteiger partial charge in [-0.3, -0.25) is 4.79 Å². The third kappa shape index (κ3) is 2.09. The highest BCUT2D eigenvalue weighted by molar-refractivity contribution is 9.10. The summed E-state index contributed by atoms with van der Waals surface area (Å²) in [5.41, 5.74) is 1.00. The number of halogens is 3. The largest absolute Gasteiger partial charge is 0.364 e. The van der Waals surface area contributed by atoms with Crippen molar-refractivity contribution in [1.82, 2.24) is 0 Å². The lowest BCUT2D eigenvalue weighted by atomic mass is 10.2. The molecule has 1 aliphatic heterocycles. The molecule has 1 aromatic rings. The maximum absolute atomic E-state index is 13.1. The quantitative estimate of drug-likeness (QED) is 0.780. The van der Waals surface area contributed by atoms with E-state index >= 15 is 0 Å². The number of benzene rings is 1. The highest BCUT2D eigenvalue weighted by Crippen LogP contribution is 2.36. The van der Waals surface area contributed by atoms with Gasteiger partial charge in [-0.1, -0.05) is 6.07 Å². The first kappa shape index (κ1) is 11.5. The molecule has 16 heavy (non-hydrogen) atoms. The van der Waals surface area contributed by atoms with Crippen LogP contribution in [0.4, 0.5) is 14.5 Å². The van der Waals surface area contributed by atoms with Crippen molar-refractivity contribution in [2.24, 2.45) is 0 Å². The topological polar surface area (TPSA) is 20.3 Å². The Morgan fingerprint density at radius 2 is 2.19 bits per heavy atom. The Morgan fingerprint density at radius 3 is 2.75 bits per heavy atom. The summed E-state index contributed by atoms with van der Waals surface area (Å²) in [4.78, 5) is 12.4. The number of rotatable bonds is 2. The molecular weight excluding hydrogens is 280 g/mol. The summed E-state index contributed by atoms with van der Waals surface area (Å²) in [6.45, 7) is -0.0487. The van der Waals surface area contributed by atoms with E-state index in [-0.39, 0.29) is 19.5 Å². The minimum absolute atomic E-state index is 0.160. The van der Waals surface area contributed by atoms with E-state index < -0.39 is 5.92 Å². The SMILES string of the molecule is O=Cc1cccc(Br)c1N1CCC(F)(F)C1. The lowest BCUT2D eigenvalue weighted by Crippen LogP contribution is -2.26. The first-order valence-corrected chi connectivity index (χ1v) is 5.69. The average molecular weight is 290 g/mol. The van der Waals surface area contributed by atoms with Crippen molar-refractivity contribution in [2.45, 2.75) is 12.3 Å². The van der Waals surface area contributed by atoms with Crippen LogP contribution in [-0.4, -0.2) is 25.3 Å². The van der Waals surface area contributed by atoms with Gasteiger partial charge in [0.1, 0.15) is 0 Å². The fourth-order valence-corrected chi connectivity index (χ4v) is 2.52. The molecule has 2 nitrogen and oxygen atoms in total. The maximum atomic E-state index is 13.1. The molecule has 86 valence electrons. The molecule has 0 atom stereocenters. The fraction of sp³-hybridized carbons (Fsp3) is 0.364. The zero-order chi connectivity index (χ0) is 11.8. The van der Waals surface area contributed by atoms with E-state index in [9.17, 15) is 13.6 Å². The zero-order valence-electron chi connectivity index (χ0n) is 8.42. The van der Waals surface area contributed by atoms with Gasteiger partial charge in [-0.25, -0.2) is 8.78 Å². The van der Waals surface area contributed by atoms with Gasteiger partial charge in [0.25, 0.3) is 5.92 Å². The number of carbonyl (C=O) groups excluding carboxylic acids is 1. The van der Waals surface area contributed by atoms with E-state index in [0.29, 0.717) is 22.0 Å². The van der Waals surface area contributed by atoms with Gasteiger partial charge in [-0.05, 0) is 28.1 Å². The summed E-state index contributed by atoms with van der Waals surface area (Å²) in [6, 6.07) is 5.09. The summed E-state index contributed by atoms with van der Waals surface area (Å²) in [5, 5.41) is 0. The van der Waals surface area contributed by atoms with Gasteiger partial charge >= 0.3 is 0 Å². The van der Waals surface area contributed by atoms with Gasteiger partial charge in [0, 0.05) is 23.0 Å². The number of carbonyl (C=O) groups is 1. The van der Waals surface area contributed by atoms with E-state index in [1.807, 2.05) is 0 Å². The highest BCUT2D eigenvalue weighted by Gasteiger charge is 2.39. The van der Waals surface area contributed by atoms with Crippen LogP contribution in [0.1, 0.15) is 16.8 Å².